The number of anilines is 2. The number of hydrogen-bond acceptors (Lipinski definition) is 5. The fourth-order valence-electron chi connectivity index (χ4n) is 3.60. The Kier molecular flexibility index (Phi) is 6.07. The maximum absolute atomic E-state index is 13.3. The molecule has 0 aromatic heterocycles. The predicted molar refractivity (Wildman–Crippen MR) is 125 cm³/mol. The summed E-state index contributed by atoms with van der Waals surface area (Å²) < 4.78 is 61.2. The number of rotatable bonds is 6. The molecule has 0 fully saturated rings. The van der Waals surface area contributed by atoms with E-state index in [4.69, 9.17) is 16.3 Å². The van der Waals surface area contributed by atoms with Gasteiger partial charge in [-0.05, 0) is 66.9 Å². The molecule has 0 radical (unpaired) electrons. The van der Waals surface area contributed by atoms with Gasteiger partial charge in [0.05, 0.1) is 28.4 Å². The monoisotopic (exact) mass is 492 g/mol. The first-order valence-electron chi connectivity index (χ1n) is 9.79. The van der Waals surface area contributed by atoms with Crippen molar-refractivity contribution in [2.24, 2.45) is 0 Å². The first-order valence-corrected chi connectivity index (χ1v) is 13.1. The second-order valence-electron chi connectivity index (χ2n) is 7.24. The molecule has 0 amide bonds. The molecular weight excluding hydrogens is 472 g/mol. The zero-order valence-corrected chi connectivity index (χ0v) is 19.5. The minimum atomic E-state index is -3.95. The summed E-state index contributed by atoms with van der Waals surface area (Å²) in [6.45, 7) is 0.294. The Labute approximate surface area is 192 Å². The molecule has 4 rings (SSSR count). The van der Waals surface area contributed by atoms with Gasteiger partial charge in [-0.2, -0.15) is 0 Å². The molecule has 0 aliphatic carbocycles. The van der Waals surface area contributed by atoms with Crippen LogP contribution in [0.1, 0.15) is 12.0 Å². The van der Waals surface area contributed by atoms with Gasteiger partial charge in [0, 0.05) is 6.54 Å². The summed E-state index contributed by atoms with van der Waals surface area (Å²) in [6, 6.07) is 17.2. The normalized spacial score (nSPS) is 14.0. The van der Waals surface area contributed by atoms with E-state index in [-0.39, 0.29) is 20.5 Å². The maximum Gasteiger partial charge on any atom is 0.264 e. The van der Waals surface area contributed by atoms with Crippen LogP contribution in [0, 0.1) is 0 Å². The van der Waals surface area contributed by atoms with Crippen LogP contribution < -0.4 is 13.8 Å². The topological polar surface area (TPSA) is 92.8 Å². The van der Waals surface area contributed by atoms with E-state index >= 15 is 0 Å². The summed E-state index contributed by atoms with van der Waals surface area (Å²) in [5.41, 5.74) is 1.53. The average molecular weight is 493 g/mol. The minimum Gasteiger partial charge on any atom is -0.497 e. The smallest absolute Gasteiger partial charge is 0.264 e. The number of hydrogen-bond donors (Lipinski definition) is 1. The van der Waals surface area contributed by atoms with E-state index in [1.807, 2.05) is 0 Å². The number of fused-ring (bicyclic) bond motifs is 1. The lowest BCUT2D eigenvalue weighted by Crippen LogP contribution is -2.35. The largest absolute Gasteiger partial charge is 0.497 e. The Balaban J connectivity index is 1.70. The first-order chi connectivity index (χ1) is 15.2. The van der Waals surface area contributed by atoms with Crippen LogP contribution in [-0.4, -0.2) is 30.5 Å². The zero-order valence-electron chi connectivity index (χ0n) is 17.2. The number of nitrogens with one attached hydrogen (secondary N) is 1. The van der Waals surface area contributed by atoms with E-state index < -0.39 is 20.0 Å². The van der Waals surface area contributed by atoms with Gasteiger partial charge in [-0.15, -0.1) is 0 Å². The molecule has 32 heavy (non-hydrogen) atoms. The van der Waals surface area contributed by atoms with E-state index in [1.54, 1.807) is 42.5 Å². The highest BCUT2D eigenvalue weighted by molar-refractivity contribution is 7.93. The Bertz CT molecular complexity index is 1360. The molecule has 168 valence electrons. The molecule has 0 spiro atoms. The van der Waals surface area contributed by atoms with E-state index in [1.165, 1.54) is 35.7 Å². The van der Waals surface area contributed by atoms with Crippen molar-refractivity contribution >= 4 is 43.0 Å². The van der Waals surface area contributed by atoms with Crippen LogP contribution in [0.5, 0.6) is 5.75 Å². The van der Waals surface area contributed by atoms with Crippen molar-refractivity contribution in [2.45, 2.75) is 22.6 Å². The van der Waals surface area contributed by atoms with E-state index in [0.29, 0.717) is 30.8 Å². The molecule has 3 aromatic carbocycles. The van der Waals surface area contributed by atoms with Gasteiger partial charge in [0.2, 0.25) is 0 Å². The average Bonchev–Trinajstić information content (AvgIpc) is 2.78. The van der Waals surface area contributed by atoms with Gasteiger partial charge in [-0.1, -0.05) is 29.8 Å². The van der Waals surface area contributed by atoms with Crippen LogP contribution in [0.4, 0.5) is 11.4 Å². The van der Waals surface area contributed by atoms with Crippen LogP contribution in [0.15, 0.2) is 76.5 Å². The van der Waals surface area contributed by atoms with Gasteiger partial charge in [-0.25, -0.2) is 16.8 Å². The highest BCUT2D eigenvalue weighted by atomic mass is 35.5. The molecule has 0 saturated carbocycles. The number of halogens is 1. The Morgan fingerprint density at radius 1 is 0.969 bits per heavy atom. The molecule has 0 atom stereocenters. The second-order valence-corrected chi connectivity index (χ2v) is 11.2. The standard InChI is InChI=1S/C22H21ClN2O5S2/c1-30-18-10-12-19(13-11-18)32(28,29)25-14-4-5-16-8-9-17(15-21(16)25)24-31(26,27)22-7-3-2-6-20(22)23/h2-3,6-13,15,24H,4-5,14H2,1H3. The number of aryl methyl sites for hydroxylation is 1. The lowest BCUT2D eigenvalue weighted by atomic mass is 10.0. The highest BCUT2D eigenvalue weighted by Gasteiger charge is 2.30. The van der Waals surface area contributed by atoms with Gasteiger partial charge in [0.25, 0.3) is 20.0 Å². The van der Waals surface area contributed by atoms with Gasteiger partial charge in [0.15, 0.2) is 0 Å². The molecule has 1 heterocycles. The minimum absolute atomic E-state index is 0.0536. The molecule has 0 saturated heterocycles. The van der Waals surface area contributed by atoms with Crippen LogP contribution in [-0.2, 0) is 26.5 Å². The third-order valence-corrected chi connectivity index (χ3v) is 8.90. The molecule has 1 N–H and O–H groups in total. The maximum atomic E-state index is 13.3. The number of sulfonamides is 2. The van der Waals surface area contributed by atoms with Crippen molar-refractivity contribution in [3.05, 3.63) is 77.3 Å². The molecule has 10 heteroatoms. The molecule has 3 aromatic rings. The fraction of sp³-hybridized carbons (Fsp3) is 0.182. The summed E-state index contributed by atoms with van der Waals surface area (Å²) in [5, 5.41) is 0.0988. The number of ether oxygens (including phenoxy) is 1. The summed E-state index contributed by atoms with van der Waals surface area (Å²) >= 11 is 6.05. The molecule has 7 nitrogen and oxygen atoms in total. The third-order valence-electron chi connectivity index (χ3n) is 5.19. The second kappa shape index (κ2) is 8.65. The number of nitrogens with zero attached hydrogens (tertiary/aromatic N) is 1. The van der Waals surface area contributed by atoms with Crippen molar-refractivity contribution in [2.75, 3.05) is 22.7 Å². The van der Waals surface area contributed by atoms with E-state index in [0.717, 1.165) is 5.56 Å². The summed E-state index contributed by atoms with van der Waals surface area (Å²) in [6.07, 6.45) is 1.36. The molecule has 0 unspecified atom stereocenters. The van der Waals surface area contributed by atoms with Crippen LogP contribution >= 0.6 is 11.6 Å². The van der Waals surface area contributed by atoms with Crippen molar-refractivity contribution < 1.29 is 21.6 Å². The number of benzene rings is 3. The Morgan fingerprint density at radius 3 is 2.38 bits per heavy atom. The zero-order chi connectivity index (χ0) is 22.9. The summed E-state index contributed by atoms with van der Waals surface area (Å²) in [7, 11) is -6.28. The van der Waals surface area contributed by atoms with Crippen molar-refractivity contribution in [1.82, 2.24) is 0 Å². The molecule has 0 bridgehead atoms. The van der Waals surface area contributed by atoms with Gasteiger partial charge >= 0.3 is 0 Å². The molecular formula is C22H21ClN2O5S2. The fourth-order valence-corrected chi connectivity index (χ4v) is 6.70. The quantitative estimate of drug-likeness (QED) is 0.554. The Morgan fingerprint density at radius 2 is 1.69 bits per heavy atom. The Hall–Kier alpha value is -2.75. The number of methoxy groups -OCH3 is 1. The lowest BCUT2D eigenvalue weighted by Gasteiger charge is -2.31. The van der Waals surface area contributed by atoms with Crippen molar-refractivity contribution in [1.29, 1.82) is 0 Å². The SMILES string of the molecule is COc1ccc(S(=O)(=O)N2CCCc3ccc(NS(=O)(=O)c4ccccc4Cl)cc32)cc1. The molecule has 1 aliphatic heterocycles. The summed E-state index contributed by atoms with van der Waals surface area (Å²) in [5.74, 6) is 0.555. The van der Waals surface area contributed by atoms with Gasteiger partial charge < -0.3 is 4.74 Å². The third kappa shape index (κ3) is 4.28. The van der Waals surface area contributed by atoms with Gasteiger partial charge in [-0.3, -0.25) is 9.03 Å². The van der Waals surface area contributed by atoms with Crippen LogP contribution in [0.3, 0.4) is 0 Å². The van der Waals surface area contributed by atoms with Crippen LogP contribution in [0.2, 0.25) is 5.02 Å². The van der Waals surface area contributed by atoms with Crippen molar-refractivity contribution in [3.8, 4) is 5.75 Å². The molecule has 1 aliphatic rings. The van der Waals surface area contributed by atoms with Crippen molar-refractivity contribution in [3.63, 3.8) is 0 Å². The first kappa shape index (κ1) is 22.4. The highest BCUT2D eigenvalue weighted by Crippen LogP contribution is 2.35. The lowest BCUT2D eigenvalue weighted by molar-refractivity contribution is 0.414. The van der Waals surface area contributed by atoms with E-state index in [9.17, 15) is 16.8 Å². The van der Waals surface area contributed by atoms with Gasteiger partial charge in [0.1, 0.15) is 10.6 Å². The summed E-state index contributed by atoms with van der Waals surface area (Å²) in [4.78, 5) is 0.0790. The van der Waals surface area contributed by atoms with Crippen LogP contribution in [0.25, 0.3) is 0 Å². The van der Waals surface area contributed by atoms with E-state index in [2.05, 4.69) is 4.72 Å². The predicted octanol–water partition coefficient (Wildman–Crippen LogP) is 4.29.